The molecule has 19 heavy (non-hydrogen) atoms. The molecule has 0 heterocycles. The largest absolute Gasteiger partial charge is 0.488 e. The van der Waals surface area contributed by atoms with Crippen LogP contribution in [0.15, 0.2) is 63.9 Å². The second-order valence-electron chi connectivity index (χ2n) is 5.70. The van der Waals surface area contributed by atoms with Crippen LogP contribution in [0.5, 0.6) is 0 Å². The fourth-order valence-corrected chi connectivity index (χ4v) is 2.11. The van der Waals surface area contributed by atoms with Crippen LogP contribution in [0.1, 0.15) is 27.2 Å². The highest BCUT2D eigenvalue weighted by molar-refractivity contribution is 5.86. The number of nitrogens with zero attached hydrogens (tertiary/aromatic N) is 1. The van der Waals surface area contributed by atoms with Crippen molar-refractivity contribution in [3.63, 3.8) is 0 Å². The summed E-state index contributed by atoms with van der Waals surface area (Å²) in [5.74, 6) is 0.949. The Morgan fingerprint density at radius 1 is 1.05 bits per heavy atom. The molecule has 0 aromatic heterocycles. The van der Waals surface area contributed by atoms with Gasteiger partial charge in [0.2, 0.25) is 0 Å². The Bertz CT molecular complexity index is 534. The molecule has 2 aliphatic rings. The van der Waals surface area contributed by atoms with Gasteiger partial charge in [0.1, 0.15) is 11.4 Å². The lowest BCUT2D eigenvalue weighted by Crippen LogP contribution is -2.19. The van der Waals surface area contributed by atoms with Crippen molar-refractivity contribution in [3.8, 4) is 0 Å². The number of fused-ring (bicyclic) bond motifs is 2. The van der Waals surface area contributed by atoms with E-state index in [0.717, 1.165) is 17.8 Å². The molecule has 2 nitrogen and oxygen atoms in total. The van der Waals surface area contributed by atoms with E-state index in [0.29, 0.717) is 0 Å². The summed E-state index contributed by atoms with van der Waals surface area (Å²) in [6.07, 6.45) is 15.3. The molecule has 0 atom stereocenters. The summed E-state index contributed by atoms with van der Waals surface area (Å²) in [5, 5.41) is 0. The van der Waals surface area contributed by atoms with Crippen molar-refractivity contribution >= 4 is 6.21 Å². The Hall–Kier alpha value is -1.83. The van der Waals surface area contributed by atoms with Crippen molar-refractivity contribution in [2.75, 3.05) is 7.05 Å². The number of ether oxygens (including phenoxy) is 1. The molecule has 0 saturated heterocycles. The zero-order chi connectivity index (χ0) is 13.9. The SMILES string of the molecule is CN=CC1=CC=C(OC(C)(C)C)C2=CC=CC=C1C2. The van der Waals surface area contributed by atoms with Gasteiger partial charge in [0.25, 0.3) is 0 Å². The molecule has 0 saturated carbocycles. The Morgan fingerprint density at radius 2 is 1.74 bits per heavy atom. The smallest absolute Gasteiger partial charge is 0.123 e. The van der Waals surface area contributed by atoms with E-state index < -0.39 is 0 Å². The van der Waals surface area contributed by atoms with E-state index in [2.05, 4.69) is 56.1 Å². The zero-order valence-electron chi connectivity index (χ0n) is 12.1. The summed E-state index contributed by atoms with van der Waals surface area (Å²) in [6.45, 7) is 6.21. The second kappa shape index (κ2) is 5.43. The molecule has 0 unspecified atom stereocenters. The lowest BCUT2D eigenvalue weighted by molar-refractivity contribution is 0.0570. The van der Waals surface area contributed by atoms with Crippen LogP contribution in [0.2, 0.25) is 0 Å². The maximum absolute atomic E-state index is 6.07. The third kappa shape index (κ3) is 3.57. The molecule has 2 bridgehead atoms. The first-order valence-electron chi connectivity index (χ1n) is 6.60. The minimum absolute atomic E-state index is 0.191. The molecule has 0 radical (unpaired) electrons. The third-order valence-electron chi connectivity index (χ3n) is 2.87. The highest BCUT2D eigenvalue weighted by Gasteiger charge is 2.20. The van der Waals surface area contributed by atoms with Crippen LogP contribution in [0, 0.1) is 0 Å². The van der Waals surface area contributed by atoms with Crippen molar-refractivity contribution in [3.05, 3.63) is 58.9 Å². The van der Waals surface area contributed by atoms with E-state index in [1.165, 1.54) is 11.1 Å². The molecule has 0 fully saturated rings. The van der Waals surface area contributed by atoms with Gasteiger partial charge in [-0.15, -0.1) is 0 Å². The lowest BCUT2D eigenvalue weighted by atomic mass is 10.0. The van der Waals surface area contributed by atoms with Crippen LogP contribution >= 0.6 is 0 Å². The zero-order valence-corrected chi connectivity index (χ0v) is 12.1. The van der Waals surface area contributed by atoms with Gasteiger partial charge < -0.3 is 4.74 Å². The highest BCUT2D eigenvalue weighted by Crippen LogP contribution is 2.31. The molecule has 2 heteroatoms. The van der Waals surface area contributed by atoms with Crippen LogP contribution in [-0.4, -0.2) is 18.9 Å². The van der Waals surface area contributed by atoms with E-state index in [1.807, 2.05) is 12.3 Å². The number of rotatable bonds is 2. The van der Waals surface area contributed by atoms with Gasteiger partial charge in [-0.2, -0.15) is 0 Å². The Labute approximate surface area is 115 Å². The molecular formula is C17H21NO. The lowest BCUT2D eigenvalue weighted by Gasteiger charge is -2.24. The topological polar surface area (TPSA) is 21.6 Å². The average molecular weight is 255 g/mol. The van der Waals surface area contributed by atoms with Gasteiger partial charge in [-0.3, -0.25) is 4.99 Å². The van der Waals surface area contributed by atoms with Gasteiger partial charge >= 0.3 is 0 Å². The van der Waals surface area contributed by atoms with Crippen LogP contribution in [0.4, 0.5) is 0 Å². The molecule has 100 valence electrons. The van der Waals surface area contributed by atoms with Gasteiger partial charge in [0.15, 0.2) is 0 Å². The Kier molecular flexibility index (Phi) is 3.89. The second-order valence-corrected chi connectivity index (χ2v) is 5.70. The predicted molar refractivity (Wildman–Crippen MR) is 81.3 cm³/mol. The van der Waals surface area contributed by atoms with Gasteiger partial charge in [-0.1, -0.05) is 24.3 Å². The first kappa shape index (κ1) is 13.6. The summed E-state index contributed by atoms with van der Waals surface area (Å²) >= 11 is 0. The molecule has 2 rings (SSSR count). The van der Waals surface area contributed by atoms with E-state index in [-0.39, 0.29) is 5.60 Å². The maximum Gasteiger partial charge on any atom is 0.123 e. The Morgan fingerprint density at radius 3 is 2.37 bits per heavy atom. The van der Waals surface area contributed by atoms with Gasteiger partial charge in [-0.25, -0.2) is 0 Å². The first-order chi connectivity index (χ1) is 8.99. The maximum atomic E-state index is 6.07. The number of hydrogen-bond acceptors (Lipinski definition) is 2. The fraction of sp³-hybridized carbons (Fsp3) is 0.353. The van der Waals surface area contributed by atoms with Gasteiger partial charge in [0, 0.05) is 19.7 Å². The molecule has 0 N–H and O–H groups in total. The van der Waals surface area contributed by atoms with Crippen molar-refractivity contribution in [1.82, 2.24) is 0 Å². The van der Waals surface area contributed by atoms with Crippen LogP contribution in [0.3, 0.4) is 0 Å². The van der Waals surface area contributed by atoms with Crippen molar-refractivity contribution < 1.29 is 4.74 Å². The molecule has 0 aliphatic heterocycles. The average Bonchev–Trinajstić information content (AvgIpc) is 2.64. The van der Waals surface area contributed by atoms with Crippen molar-refractivity contribution in [2.24, 2.45) is 4.99 Å². The van der Waals surface area contributed by atoms with Crippen molar-refractivity contribution in [2.45, 2.75) is 32.8 Å². The minimum Gasteiger partial charge on any atom is -0.488 e. The predicted octanol–water partition coefficient (Wildman–Crippen LogP) is 4.14. The number of hydrogen-bond donors (Lipinski definition) is 0. The summed E-state index contributed by atoms with van der Waals surface area (Å²) in [4.78, 5) is 4.13. The number of aliphatic imine (C=N–C) groups is 1. The molecular weight excluding hydrogens is 234 g/mol. The molecule has 0 spiro atoms. The fourth-order valence-electron chi connectivity index (χ4n) is 2.11. The quantitative estimate of drug-likeness (QED) is 0.680. The van der Waals surface area contributed by atoms with E-state index >= 15 is 0 Å². The first-order valence-corrected chi connectivity index (χ1v) is 6.60. The molecule has 0 amide bonds. The molecule has 0 aromatic carbocycles. The van der Waals surface area contributed by atoms with Gasteiger partial charge in [-0.05, 0) is 49.6 Å². The normalized spacial score (nSPS) is 19.2. The molecule has 2 aliphatic carbocycles. The monoisotopic (exact) mass is 255 g/mol. The van der Waals surface area contributed by atoms with E-state index in [9.17, 15) is 0 Å². The summed E-state index contributed by atoms with van der Waals surface area (Å²) in [7, 11) is 1.80. The van der Waals surface area contributed by atoms with Gasteiger partial charge in [0.05, 0.1) is 0 Å². The summed E-state index contributed by atoms with van der Waals surface area (Å²) in [6, 6.07) is 0. The van der Waals surface area contributed by atoms with E-state index in [4.69, 9.17) is 4.74 Å². The molecule has 0 aromatic rings. The highest BCUT2D eigenvalue weighted by atomic mass is 16.5. The van der Waals surface area contributed by atoms with E-state index in [1.54, 1.807) is 7.05 Å². The number of allylic oxidation sites excluding steroid dienone is 9. The van der Waals surface area contributed by atoms with Crippen LogP contribution in [-0.2, 0) is 4.74 Å². The van der Waals surface area contributed by atoms with Crippen LogP contribution < -0.4 is 0 Å². The van der Waals surface area contributed by atoms with Crippen LogP contribution in [0.25, 0.3) is 0 Å². The third-order valence-corrected chi connectivity index (χ3v) is 2.87. The standard InChI is InChI=1S/C17H21NO/c1-17(2,3)19-16-10-9-15(12-18-4)13-7-5-6-8-14(16)11-13/h5-10,12H,11H2,1-4H3. The summed E-state index contributed by atoms with van der Waals surface area (Å²) < 4.78 is 6.07. The minimum atomic E-state index is -0.191. The Balaban J connectivity index is 2.42. The van der Waals surface area contributed by atoms with Crippen molar-refractivity contribution in [1.29, 1.82) is 0 Å². The summed E-state index contributed by atoms with van der Waals surface area (Å²) in [5.41, 5.74) is 3.44.